The molecule has 0 radical (unpaired) electrons. The van der Waals surface area contributed by atoms with E-state index in [9.17, 15) is 4.79 Å². The highest BCUT2D eigenvalue weighted by Crippen LogP contribution is 2.26. The Hall–Kier alpha value is -1.81. The molecule has 0 saturated carbocycles. The maximum atomic E-state index is 11.4. The molecular formula is C14H15ClN2O2. The first-order chi connectivity index (χ1) is 9.15. The molecule has 0 aliphatic heterocycles. The van der Waals surface area contributed by atoms with Crippen molar-refractivity contribution in [2.45, 2.75) is 13.0 Å². The molecule has 5 heteroatoms. The van der Waals surface area contributed by atoms with Crippen LogP contribution in [0.1, 0.15) is 18.7 Å². The second kappa shape index (κ2) is 5.89. The van der Waals surface area contributed by atoms with Gasteiger partial charge in [-0.05, 0) is 30.5 Å². The van der Waals surface area contributed by atoms with Gasteiger partial charge in [-0.3, -0.25) is 9.78 Å². The van der Waals surface area contributed by atoms with E-state index in [0.717, 1.165) is 22.2 Å². The summed E-state index contributed by atoms with van der Waals surface area (Å²) in [4.78, 5) is 15.7. The van der Waals surface area contributed by atoms with E-state index in [2.05, 4.69) is 10.3 Å². The van der Waals surface area contributed by atoms with Gasteiger partial charge in [0.05, 0.1) is 18.8 Å². The molecule has 0 bridgehead atoms. The SMILES string of the molecule is COc1ccc2ccnc(C(C)NC(=O)CCl)c2c1. The second-order valence-electron chi connectivity index (χ2n) is 4.21. The molecule has 4 nitrogen and oxygen atoms in total. The van der Waals surface area contributed by atoms with Crippen LogP contribution in [-0.2, 0) is 4.79 Å². The van der Waals surface area contributed by atoms with Crippen LogP contribution in [0.2, 0.25) is 0 Å². The highest BCUT2D eigenvalue weighted by Gasteiger charge is 2.13. The lowest BCUT2D eigenvalue weighted by Gasteiger charge is -2.15. The van der Waals surface area contributed by atoms with E-state index in [1.54, 1.807) is 13.3 Å². The summed E-state index contributed by atoms with van der Waals surface area (Å²) in [5.74, 6) is 0.492. The lowest BCUT2D eigenvalue weighted by molar-refractivity contribution is -0.119. The zero-order valence-corrected chi connectivity index (χ0v) is 11.6. The van der Waals surface area contributed by atoms with Crippen LogP contribution in [0.3, 0.4) is 0 Å². The van der Waals surface area contributed by atoms with Crippen LogP contribution in [0.4, 0.5) is 0 Å². The van der Waals surface area contributed by atoms with Crippen molar-refractivity contribution in [3.63, 3.8) is 0 Å². The number of rotatable bonds is 4. The van der Waals surface area contributed by atoms with Crippen molar-refractivity contribution in [1.82, 2.24) is 10.3 Å². The predicted molar refractivity (Wildman–Crippen MR) is 75.6 cm³/mol. The number of fused-ring (bicyclic) bond motifs is 1. The minimum Gasteiger partial charge on any atom is -0.497 e. The quantitative estimate of drug-likeness (QED) is 0.875. The zero-order valence-electron chi connectivity index (χ0n) is 10.8. The molecule has 1 unspecified atom stereocenters. The van der Waals surface area contributed by atoms with Crippen molar-refractivity contribution < 1.29 is 9.53 Å². The van der Waals surface area contributed by atoms with Crippen molar-refractivity contribution in [3.8, 4) is 5.75 Å². The Morgan fingerprint density at radius 3 is 2.95 bits per heavy atom. The number of carbonyl (C=O) groups is 1. The van der Waals surface area contributed by atoms with Gasteiger partial charge in [0.15, 0.2) is 0 Å². The van der Waals surface area contributed by atoms with Crippen molar-refractivity contribution in [3.05, 3.63) is 36.2 Å². The van der Waals surface area contributed by atoms with Gasteiger partial charge in [-0.25, -0.2) is 0 Å². The topological polar surface area (TPSA) is 51.2 Å². The maximum absolute atomic E-state index is 11.4. The highest BCUT2D eigenvalue weighted by atomic mass is 35.5. The van der Waals surface area contributed by atoms with Crippen LogP contribution in [-0.4, -0.2) is 23.9 Å². The molecule has 1 atom stereocenters. The van der Waals surface area contributed by atoms with E-state index in [1.165, 1.54) is 0 Å². The predicted octanol–water partition coefficient (Wildman–Crippen LogP) is 2.66. The number of halogens is 1. The number of aromatic nitrogens is 1. The zero-order chi connectivity index (χ0) is 13.8. The smallest absolute Gasteiger partial charge is 0.235 e. The lowest BCUT2D eigenvalue weighted by atomic mass is 10.1. The van der Waals surface area contributed by atoms with Gasteiger partial charge >= 0.3 is 0 Å². The first-order valence-corrected chi connectivity index (χ1v) is 6.47. The third-order valence-corrected chi connectivity index (χ3v) is 3.16. The molecule has 19 heavy (non-hydrogen) atoms. The molecule has 0 aliphatic carbocycles. The average molecular weight is 279 g/mol. The van der Waals surface area contributed by atoms with Gasteiger partial charge in [0, 0.05) is 11.6 Å². The van der Waals surface area contributed by atoms with Gasteiger partial charge in [-0.1, -0.05) is 6.07 Å². The molecule has 100 valence electrons. The molecule has 1 aromatic heterocycles. The Labute approximate surface area is 116 Å². The van der Waals surface area contributed by atoms with Crippen molar-refractivity contribution in [1.29, 1.82) is 0 Å². The standard InChI is InChI=1S/C14H15ClN2O2/c1-9(17-13(18)8-15)14-12-7-11(19-2)4-3-10(12)5-6-16-14/h3-7,9H,8H2,1-2H3,(H,17,18). The van der Waals surface area contributed by atoms with E-state index >= 15 is 0 Å². The average Bonchev–Trinajstić information content (AvgIpc) is 2.45. The molecule has 0 aliphatic rings. The molecule has 2 aromatic rings. The van der Waals surface area contributed by atoms with Gasteiger partial charge < -0.3 is 10.1 Å². The third kappa shape index (κ3) is 2.96. The normalized spacial score (nSPS) is 12.2. The van der Waals surface area contributed by atoms with E-state index < -0.39 is 0 Å². The van der Waals surface area contributed by atoms with Gasteiger partial charge in [-0.2, -0.15) is 0 Å². The number of nitrogens with one attached hydrogen (secondary N) is 1. The molecular weight excluding hydrogens is 264 g/mol. The molecule has 1 N–H and O–H groups in total. The summed E-state index contributed by atoms with van der Waals surface area (Å²) in [7, 11) is 1.62. The number of alkyl halides is 1. The summed E-state index contributed by atoms with van der Waals surface area (Å²) in [5.41, 5.74) is 0.801. The van der Waals surface area contributed by atoms with E-state index in [1.807, 2.05) is 31.2 Å². The Morgan fingerprint density at radius 2 is 2.26 bits per heavy atom. The summed E-state index contributed by atoms with van der Waals surface area (Å²) in [6.45, 7) is 1.88. The Morgan fingerprint density at radius 1 is 1.47 bits per heavy atom. The first-order valence-electron chi connectivity index (χ1n) is 5.93. The molecule has 1 amide bonds. The number of pyridine rings is 1. The van der Waals surface area contributed by atoms with Crippen LogP contribution in [0, 0.1) is 0 Å². The van der Waals surface area contributed by atoms with Crippen LogP contribution >= 0.6 is 11.6 Å². The van der Waals surface area contributed by atoms with Gasteiger partial charge in [0.25, 0.3) is 0 Å². The largest absolute Gasteiger partial charge is 0.497 e. The summed E-state index contributed by atoms with van der Waals surface area (Å²) >= 11 is 5.50. The van der Waals surface area contributed by atoms with E-state index in [4.69, 9.17) is 16.3 Å². The Kier molecular flexibility index (Phi) is 4.22. The van der Waals surface area contributed by atoms with Gasteiger partial charge in [-0.15, -0.1) is 11.6 Å². The molecule has 0 spiro atoms. The van der Waals surface area contributed by atoms with E-state index in [-0.39, 0.29) is 17.8 Å². The van der Waals surface area contributed by atoms with Crippen LogP contribution < -0.4 is 10.1 Å². The summed E-state index contributed by atoms with van der Waals surface area (Å²) in [5, 5.41) is 4.82. The lowest BCUT2D eigenvalue weighted by Crippen LogP contribution is -2.28. The fourth-order valence-corrected chi connectivity index (χ4v) is 2.07. The van der Waals surface area contributed by atoms with Crippen molar-refractivity contribution >= 4 is 28.3 Å². The summed E-state index contributed by atoms with van der Waals surface area (Å²) < 4.78 is 5.22. The number of hydrogen-bond acceptors (Lipinski definition) is 3. The highest BCUT2D eigenvalue weighted by molar-refractivity contribution is 6.27. The molecule has 0 fully saturated rings. The number of amides is 1. The molecule has 1 aromatic carbocycles. The number of carbonyl (C=O) groups excluding carboxylic acids is 1. The molecule has 2 rings (SSSR count). The fourth-order valence-electron chi connectivity index (χ4n) is 1.99. The summed E-state index contributed by atoms with van der Waals surface area (Å²) in [6.07, 6.45) is 1.73. The first kappa shape index (κ1) is 13.6. The molecule has 1 heterocycles. The summed E-state index contributed by atoms with van der Waals surface area (Å²) in [6, 6.07) is 7.50. The Balaban J connectivity index is 2.44. The second-order valence-corrected chi connectivity index (χ2v) is 4.47. The van der Waals surface area contributed by atoms with Crippen LogP contribution in [0.25, 0.3) is 10.8 Å². The molecule has 0 saturated heterocycles. The Bertz CT molecular complexity index is 601. The third-order valence-electron chi connectivity index (χ3n) is 2.91. The number of methoxy groups -OCH3 is 1. The minimum absolute atomic E-state index is 0.0571. The van der Waals surface area contributed by atoms with Crippen molar-refractivity contribution in [2.75, 3.05) is 13.0 Å². The van der Waals surface area contributed by atoms with Gasteiger partial charge in [0.2, 0.25) is 5.91 Å². The van der Waals surface area contributed by atoms with E-state index in [0.29, 0.717) is 0 Å². The van der Waals surface area contributed by atoms with Crippen LogP contribution in [0.5, 0.6) is 5.75 Å². The number of hydrogen-bond donors (Lipinski definition) is 1. The van der Waals surface area contributed by atoms with Gasteiger partial charge in [0.1, 0.15) is 11.6 Å². The van der Waals surface area contributed by atoms with Crippen LogP contribution in [0.15, 0.2) is 30.5 Å². The monoisotopic (exact) mass is 278 g/mol. The van der Waals surface area contributed by atoms with Crippen molar-refractivity contribution in [2.24, 2.45) is 0 Å². The number of nitrogens with zero attached hydrogens (tertiary/aromatic N) is 1. The minimum atomic E-state index is -0.212. The fraction of sp³-hybridized carbons (Fsp3) is 0.286. The maximum Gasteiger partial charge on any atom is 0.235 e. The number of ether oxygens (including phenoxy) is 1. The number of benzene rings is 1.